The van der Waals surface area contributed by atoms with E-state index in [1.165, 1.54) is 0 Å². The molecule has 4 aliphatic rings. The van der Waals surface area contributed by atoms with Gasteiger partial charge in [0.15, 0.2) is 0 Å². The fraction of sp³-hybridized carbons (Fsp3) is 0.455. The third kappa shape index (κ3) is 0.649. The topological polar surface area (TPSA) is 0 Å². The monoisotopic (exact) mass is 144 g/mol. The van der Waals surface area contributed by atoms with Crippen LogP contribution in [0, 0.1) is 23.7 Å². The molecule has 0 aromatic rings. The quantitative estimate of drug-likeness (QED) is 0.458. The van der Waals surface area contributed by atoms with E-state index < -0.39 is 0 Å². The maximum atomic E-state index is 2.47. The summed E-state index contributed by atoms with van der Waals surface area (Å²) < 4.78 is 0. The van der Waals surface area contributed by atoms with Gasteiger partial charge in [-0.3, -0.25) is 0 Å². The van der Waals surface area contributed by atoms with E-state index in [9.17, 15) is 0 Å². The van der Waals surface area contributed by atoms with Crippen LogP contribution in [0.25, 0.3) is 0 Å². The number of hydrogen-bond donors (Lipinski definition) is 0. The summed E-state index contributed by atoms with van der Waals surface area (Å²) in [6, 6.07) is 0. The minimum absolute atomic E-state index is 0.620. The molecule has 4 aliphatic carbocycles. The molecule has 0 aromatic heterocycles. The lowest BCUT2D eigenvalue weighted by molar-refractivity contribution is 0.957. The van der Waals surface area contributed by atoms with Gasteiger partial charge in [0.1, 0.15) is 0 Å². The minimum atomic E-state index is 0.620. The van der Waals surface area contributed by atoms with Gasteiger partial charge in [-0.25, -0.2) is 0 Å². The molecule has 0 aliphatic heterocycles. The molecule has 0 nitrogen and oxygen atoms in total. The van der Waals surface area contributed by atoms with Gasteiger partial charge in [-0.2, -0.15) is 0 Å². The summed E-state index contributed by atoms with van der Waals surface area (Å²) in [5.41, 5.74) is 1.55. The van der Waals surface area contributed by atoms with Gasteiger partial charge in [0.2, 0.25) is 0 Å². The summed E-state index contributed by atoms with van der Waals surface area (Å²) in [4.78, 5) is 0. The predicted molar refractivity (Wildman–Crippen MR) is 46.0 cm³/mol. The highest BCUT2D eigenvalue weighted by Crippen LogP contribution is 2.53. The number of hydrogen-bond acceptors (Lipinski definition) is 0. The minimum Gasteiger partial charge on any atom is -0.0833 e. The van der Waals surface area contributed by atoms with E-state index in [2.05, 4.69) is 37.3 Å². The Bertz CT molecular complexity index is 260. The van der Waals surface area contributed by atoms with Crippen LogP contribution >= 0.6 is 0 Å². The van der Waals surface area contributed by atoms with Crippen molar-refractivity contribution in [3.8, 4) is 0 Å². The van der Waals surface area contributed by atoms with Gasteiger partial charge in [-0.15, -0.1) is 0 Å². The first-order chi connectivity index (χ1) is 5.36. The molecule has 0 heterocycles. The first-order valence-electron chi connectivity index (χ1n) is 4.41. The van der Waals surface area contributed by atoms with Crippen molar-refractivity contribution in [2.45, 2.75) is 6.92 Å². The Hall–Kier alpha value is -0.780. The standard InChI is InChI=1S/C11H12/c1-7-6-11-9-4-2-8(7)3-5-10(9)11/h2-6,8-11H,1H3. The molecule has 11 heavy (non-hydrogen) atoms. The third-order valence-corrected chi connectivity index (χ3v) is 3.25. The van der Waals surface area contributed by atoms with Crippen molar-refractivity contribution in [1.29, 1.82) is 0 Å². The molecule has 1 fully saturated rings. The van der Waals surface area contributed by atoms with Crippen LogP contribution in [0.1, 0.15) is 6.92 Å². The summed E-state index contributed by atoms with van der Waals surface area (Å²) in [5.74, 6) is 3.19. The first-order valence-corrected chi connectivity index (χ1v) is 4.41. The molecule has 0 saturated heterocycles. The molecule has 2 atom stereocenters. The molecule has 0 spiro atoms. The highest BCUT2D eigenvalue weighted by Gasteiger charge is 2.47. The highest BCUT2D eigenvalue weighted by molar-refractivity contribution is 5.36. The van der Waals surface area contributed by atoms with Crippen molar-refractivity contribution in [3.63, 3.8) is 0 Å². The maximum Gasteiger partial charge on any atom is 0.0155 e. The Labute approximate surface area is 67.3 Å². The van der Waals surface area contributed by atoms with E-state index in [4.69, 9.17) is 0 Å². The van der Waals surface area contributed by atoms with Crippen molar-refractivity contribution >= 4 is 0 Å². The lowest BCUT2D eigenvalue weighted by Crippen LogP contribution is -1.90. The normalized spacial score (nSPS) is 50.1. The molecule has 4 bridgehead atoms. The molecule has 0 amide bonds. The van der Waals surface area contributed by atoms with Crippen molar-refractivity contribution in [3.05, 3.63) is 36.0 Å². The average molecular weight is 144 g/mol. The van der Waals surface area contributed by atoms with Crippen LogP contribution in [0.2, 0.25) is 0 Å². The number of rotatable bonds is 0. The molecule has 2 unspecified atom stereocenters. The summed E-state index contributed by atoms with van der Waals surface area (Å²) in [5, 5.41) is 0. The van der Waals surface area contributed by atoms with E-state index in [0.717, 1.165) is 17.8 Å². The van der Waals surface area contributed by atoms with Gasteiger partial charge >= 0.3 is 0 Å². The summed E-state index contributed by atoms with van der Waals surface area (Å²) in [6.07, 6.45) is 12.0. The predicted octanol–water partition coefficient (Wildman–Crippen LogP) is 2.55. The Balaban J connectivity index is 2.17. The summed E-state index contributed by atoms with van der Waals surface area (Å²) in [7, 11) is 0. The zero-order valence-electron chi connectivity index (χ0n) is 6.70. The Morgan fingerprint density at radius 1 is 0.909 bits per heavy atom. The van der Waals surface area contributed by atoms with E-state index in [-0.39, 0.29) is 0 Å². The van der Waals surface area contributed by atoms with Gasteiger partial charge in [-0.1, -0.05) is 36.0 Å². The zero-order valence-corrected chi connectivity index (χ0v) is 6.70. The lowest BCUT2D eigenvalue weighted by Gasteiger charge is -2.04. The second-order valence-corrected chi connectivity index (χ2v) is 3.94. The van der Waals surface area contributed by atoms with Crippen LogP contribution in [-0.2, 0) is 0 Å². The van der Waals surface area contributed by atoms with Crippen molar-refractivity contribution < 1.29 is 0 Å². The SMILES string of the molecule is CC1=CC2C3C=CC1C=CC32. The summed E-state index contributed by atoms with van der Waals surface area (Å²) in [6.45, 7) is 2.25. The van der Waals surface area contributed by atoms with Crippen LogP contribution < -0.4 is 0 Å². The van der Waals surface area contributed by atoms with Crippen molar-refractivity contribution in [2.75, 3.05) is 0 Å². The molecule has 4 rings (SSSR count). The van der Waals surface area contributed by atoms with E-state index in [1.807, 2.05) is 0 Å². The van der Waals surface area contributed by atoms with Crippen LogP contribution in [0.5, 0.6) is 0 Å². The smallest absolute Gasteiger partial charge is 0.0155 e. The van der Waals surface area contributed by atoms with E-state index in [0.29, 0.717) is 5.92 Å². The van der Waals surface area contributed by atoms with E-state index >= 15 is 0 Å². The van der Waals surface area contributed by atoms with Gasteiger partial charge in [0.25, 0.3) is 0 Å². The lowest BCUT2D eigenvalue weighted by atomic mass is 10.0. The molecular weight excluding hydrogens is 132 g/mol. The molecule has 0 radical (unpaired) electrons. The van der Waals surface area contributed by atoms with Gasteiger partial charge in [0, 0.05) is 5.92 Å². The fourth-order valence-electron chi connectivity index (χ4n) is 2.40. The van der Waals surface area contributed by atoms with Crippen LogP contribution in [0.4, 0.5) is 0 Å². The average Bonchev–Trinajstić information content (AvgIpc) is 2.65. The van der Waals surface area contributed by atoms with Crippen LogP contribution in [0.3, 0.4) is 0 Å². The number of allylic oxidation sites excluding steroid dienone is 6. The second-order valence-electron chi connectivity index (χ2n) is 3.94. The fourth-order valence-corrected chi connectivity index (χ4v) is 2.40. The van der Waals surface area contributed by atoms with Gasteiger partial charge in [-0.05, 0) is 24.7 Å². The first kappa shape index (κ1) is 5.82. The molecule has 0 N–H and O–H groups in total. The van der Waals surface area contributed by atoms with Crippen molar-refractivity contribution in [1.82, 2.24) is 0 Å². The highest BCUT2D eigenvalue weighted by atomic mass is 14.5. The van der Waals surface area contributed by atoms with Crippen LogP contribution in [0.15, 0.2) is 36.0 Å². The van der Waals surface area contributed by atoms with Crippen molar-refractivity contribution in [2.24, 2.45) is 23.7 Å². The zero-order chi connectivity index (χ0) is 7.42. The molecule has 0 aromatic carbocycles. The summed E-state index contributed by atoms with van der Waals surface area (Å²) >= 11 is 0. The maximum absolute atomic E-state index is 2.47. The Kier molecular flexibility index (Phi) is 0.892. The third-order valence-electron chi connectivity index (χ3n) is 3.25. The van der Waals surface area contributed by atoms with Gasteiger partial charge in [0.05, 0.1) is 0 Å². The molecule has 56 valence electrons. The molecular formula is C11H12. The Morgan fingerprint density at radius 2 is 1.55 bits per heavy atom. The second kappa shape index (κ2) is 1.69. The van der Waals surface area contributed by atoms with Crippen LogP contribution in [-0.4, -0.2) is 0 Å². The van der Waals surface area contributed by atoms with Gasteiger partial charge < -0.3 is 0 Å². The van der Waals surface area contributed by atoms with E-state index in [1.54, 1.807) is 5.57 Å². The largest absolute Gasteiger partial charge is 0.0833 e. The Morgan fingerprint density at radius 3 is 2.18 bits per heavy atom. The molecule has 0 heteroatoms. The molecule has 1 saturated carbocycles.